The summed E-state index contributed by atoms with van der Waals surface area (Å²) in [5, 5.41) is 0.855. The van der Waals surface area contributed by atoms with Crippen molar-refractivity contribution in [2.45, 2.75) is 13.3 Å². The van der Waals surface area contributed by atoms with E-state index in [-0.39, 0.29) is 5.82 Å². The van der Waals surface area contributed by atoms with Gasteiger partial charge >= 0.3 is 5.63 Å². The Kier molecular flexibility index (Phi) is 3.11. The van der Waals surface area contributed by atoms with Gasteiger partial charge < -0.3 is 4.42 Å². The highest BCUT2D eigenvalue weighted by Crippen LogP contribution is 2.28. The van der Waals surface area contributed by atoms with Crippen molar-refractivity contribution in [1.82, 2.24) is 0 Å². The highest BCUT2D eigenvalue weighted by atomic mass is 19.1. The average Bonchev–Trinajstić information content (AvgIpc) is 2.46. The molecule has 0 aliphatic carbocycles. The fourth-order valence-corrected chi connectivity index (χ4v) is 2.30. The van der Waals surface area contributed by atoms with Crippen LogP contribution in [0.1, 0.15) is 12.5 Å². The first-order chi connectivity index (χ1) is 9.67. The first kappa shape index (κ1) is 12.6. The number of fused-ring (bicyclic) bond motifs is 1. The second kappa shape index (κ2) is 4.93. The molecule has 0 fully saturated rings. The second-order valence-corrected chi connectivity index (χ2v) is 4.67. The van der Waals surface area contributed by atoms with Crippen molar-refractivity contribution in [2.24, 2.45) is 0 Å². The molecule has 1 heterocycles. The largest absolute Gasteiger partial charge is 0.423 e. The molecule has 0 amide bonds. The fraction of sp³-hybridized carbons (Fsp3) is 0.118. The molecule has 0 saturated carbocycles. The molecule has 0 saturated heterocycles. The number of benzene rings is 2. The minimum atomic E-state index is -0.398. The van der Waals surface area contributed by atoms with Gasteiger partial charge in [0.2, 0.25) is 0 Å². The summed E-state index contributed by atoms with van der Waals surface area (Å²) in [5.41, 5.74) is 2.84. The smallest absolute Gasteiger partial charge is 0.336 e. The number of hydrogen-bond acceptors (Lipinski definition) is 2. The molecule has 2 nitrogen and oxygen atoms in total. The molecule has 3 aromatic rings. The van der Waals surface area contributed by atoms with Crippen LogP contribution in [0.5, 0.6) is 0 Å². The lowest BCUT2D eigenvalue weighted by Crippen LogP contribution is -1.98. The lowest BCUT2D eigenvalue weighted by atomic mass is 10.0. The maximum atomic E-state index is 13.0. The third-order valence-electron chi connectivity index (χ3n) is 3.37. The van der Waals surface area contributed by atoms with Crippen LogP contribution in [-0.2, 0) is 6.42 Å². The predicted molar refractivity (Wildman–Crippen MR) is 77.3 cm³/mol. The number of hydrogen-bond donors (Lipinski definition) is 0. The molecule has 0 unspecified atom stereocenters. The van der Waals surface area contributed by atoms with E-state index >= 15 is 0 Å². The van der Waals surface area contributed by atoms with Crippen LogP contribution in [0.4, 0.5) is 4.39 Å². The standard InChI is InChI=1S/C17H13FO2/c1-2-11-3-8-14-15(10-17(19)20-16(14)9-11)12-4-6-13(18)7-5-12/h3-10H,2H2,1H3. The van der Waals surface area contributed by atoms with Gasteiger partial charge in [-0.05, 0) is 41.3 Å². The number of rotatable bonds is 2. The van der Waals surface area contributed by atoms with Crippen molar-refractivity contribution in [2.75, 3.05) is 0 Å². The van der Waals surface area contributed by atoms with Gasteiger partial charge in [-0.1, -0.05) is 31.2 Å². The van der Waals surface area contributed by atoms with Crippen molar-refractivity contribution in [3.8, 4) is 11.1 Å². The molecule has 1 aromatic heterocycles. The zero-order valence-corrected chi connectivity index (χ0v) is 11.0. The lowest BCUT2D eigenvalue weighted by Gasteiger charge is -2.07. The van der Waals surface area contributed by atoms with Crippen molar-refractivity contribution >= 4 is 11.0 Å². The minimum absolute atomic E-state index is 0.297. The summed E-state index contributed by atoms with van der Waals surface area (Å²) >= 11 is 0. The number of halogens is 1. The van der Waals surface area contributed by atoms with E-state index in [1.165, 1.54) is 18.2 Å². The van der Waals surface area contributed by atoms with Gasteiger partial charge in [0.1, 0.15) is 11.4 Å². The van der Waals surface area contributed by atoms with Crippen LogP contribution in [0, 0.1) is 5.82 Å². The summed E-state index contributed by atoms with van der Waals surface area (Å²) in [5.74, 6) is -0.297. The molecule has 0 N–H and O–H groups in total. The normalized spacial score (nSPS) is 10.9. The molecule has 0 atom stereocenters. The summed E-state index contributed by atoms with van der Waals surface area (Å²) in [4.78, 5) is 11.7. The summed E-state index contributed by atoms with van der Waals surface area (Å²) in [6.07, 6.45) is 0.875. The molecule has 2 aromatic carbocycles. The number of aryl methyl sites for hydroxylation is 1. The van der Waals surface area contributed by atoms with Crippen LogP contribution in [0.15, 0.2) is 57.7 Å². The Balaban J connectivity index is 2.29. The molecule has 0 radical (unpaired) electrons. The van der Waals surface area contributed by atoms with Crippen LogP contribution < -0.4 is 5.63 Å². The Hall–Kier alpha value is -2.42. The molecule has 3 heteroatoms. The van der Waals surface area contributed by atoms with Gasteiger partial charge in [-0.2, -0.15) is 0 Å². The molecular formula is C17H13FO2. The third kappa shape index (κ3) is 2.23. The monoisotopic (exact) mass is 268 g/mol. The molecule has 0 aliphatic heterocycles. The van der Waals surface area contributed by atoms with E-state index in [2.05, 4.69) is 0 Å². The van der Waals surface area contributed by atoms with Gasteiger partial charge in [-0.25, -0.2) is 9.18 Å². The average molecular weight is 268 g/mol. The van der Waals surface area contributed by atoms with Crippen LogP contribution in [0.2, 0.25) is 0 Å². The molecule has 3 rings (SSSR count). The Bertz CT molecular complexity index is 817. The van der Waals surface area contributed by atoms with Crippen LogP contribution in [0.25, 0.3) is 22.1 Å². The Morgan fingerprint density at radius 1 is 1.05 bits per heavy atom. The van der Waals surface area contributed by atoms with E-state index < -0.39 is 5.63 Å². The van der Waals surface area contributed by atoms with E-state index in [1.54, 1.807) is 12.1 Å². The fourth-order valence-electron chi connectivity index (χ4n) is 2.30. The van der Waals surface area contributed by atoms with E-state index in [9.17, 15) is 9.18 Å². The maximum Gasteiger partial charge on any atom is 0.336 e. The summed E-state index contributed by atoms with van der Waals surface area (Å²) < 4.78 is 18.3. The van der Waals surface area contributed by atoms with Crippen LogP contribution >= 0.6 is 0 Å². The highest BCUT2D eigenvalue weighted by Gasteiger charge is 2.08. The van der Waals surface area contributed by atoms with Crippen molar-refractivity contribution in [1.29, 1.82) is 0 Å². The maximum absolute atomic E-state index is 13.0. The van der Waals surface area contributed by atoms with Gasteiger partial charge in [0.05, 0.1) is 0 Å². The van der Waals surface area contributed by atoms with Crippen LogP contribution in [-0.4, -0.2) is 0 Å². The molecular weight excluding hydrogens is 255 g/mol. The third-order valence-corrected chi connectivity index (χ3v) is 3.37. The zero-order valence-electron chi connectivity index (χ0n) is 11.0. The predicted octanol–water partition coefficient (Wildman–Crippen LogP) is 4.16. The SMILES string of the molecule is CCc1ccc2c(-c3ccc(F)cc3)cc(=O)oc2c1. The Labute approximate surface area is 115 Å². The van der Waals surface area contributed by atoms with Crippen molar-refractivity contribution in [3.63, 3.8) is 0 Å². The summed E-state index contributed by atoms with van der Waals surface area (Å²) in [6.45, 7) is 2.04. The van der Waals surface area contributed by atoms with E-state index in [1.807, 2.05) is 25.1 Å². The molecule has 0 bridgehead atoms. The quantitative estimate of drug-likeness (QED) is 0.653. The topological polar surface area (TPSA) is 30.2 Å². The molecule has 0 aliphatic rings. The van der Waals surface area contributed by atoms with Gasteiger partial charge in [0.25, 0.3) is 0 Å². The highest BCUT2D eigenvalue weighted by molar-refractivity contribution is 5.93. The summed E-state index contributed by atoms with van der Waals surface area (Å²) in [7, 11) is 0. The molecule has 0 spiro atoms. The second-order valence-electron chi connectivity index (χ2n) is 4.67. The minimum Gasteiger partial charge on any atom is -0.423 e. The van der Waals surface area contributed by atoms with Gasteiger partial charge in [-0.3, -0.25) is 0 Å². The van der Waals surface area contributed by atoms with E-state index in [0.717, 1.165) is 28.5 Å². The summed E-state index contributed by atoms with van der Waals surface area (Å²) in [6, 6.07) is 13.4. The Morgan fingerprint density at radius 2 is 1.80 bits per heavy atom. The van der Waals surface area contributed by atoms with Crippen molar-refractivity contribution < 1.29 is 8.81 Å². The molecule has 20 heavy (non-hydrogen) atoms. The lowest BCUT2D eigenvalue weighted by molar-refractivity contribution is 0.561. The van der Waals surface area contributed by atoms with E-state index in [4.69, 9.17) is 4.42 Å². The van der Waals surface area contributed by atoms with Crippen LogP contribution in [0.3, 0.4) is 0 Å². The first-order valence-corrected chi connectivity index (χ1v) is 6.50. The van der Waals surface area contributed by atoms with Gasteiger partial charge in [0.15, 0.2) is 0 Å². The zero-order chi connectivity index (χ0) is 14.1. The van der Waals surface area contributed by atoms with E-state index in [0.29, 0.717) is 5.58 Å². The van der Waals surface area contributed by atoms with Gasteiger partial charge in [0, 0.05) is 11.5 Å². The van der Waals surface area contributed by atoms with Gasteiger partial charge in [-0.15, -0.1) is 0 Å². The Morgan fingerprint density at radius 3 is 2.50 bits per heavy atom. The molecule has 100 valence electrons. The van der Waals surface area contributed by atoms with Crippen molar-refractivity contribution in [3.05, 3.63) is 70.3 Å². The first-order valence-electron chi connectivity index (χ1n) is 6.50.